The van der Waals surface area contributed by atoms with Crippen molar-refractivity contribution < 1.29 is 14.6 Å². The SMILES string of the molecule is Nc1c(I)c(NCCCc2ccccn2)c2c3c1c(=O)c(C(=O)O)cn3C1(CCC1)CCO2. The molecule has 172 valence electrons. The minimum atomic E-state index is -1.24. The number of carboxylic acid groups (broad SMARTS) is 1. The van der Waals surface area contributed by atoms with Gasteiger partial charge < -0.3 is 25.5 Å². The topological polar surface area (TPSA) is 119 Å². The van der Waals surface area contributed by atoms with Crippen molar-refractivity contribution in [2.45, 2.75) is 44.1 Å². The van der Waals surface area contributed by atoms with Crippen LogP contribution in [0.15, 0.2) is 35.4 Å². The first kappa shape index (κ1) is 22.0. The van der Waals surface area contributed by atoms with Gasteiger partial charge in [-0.3, -0.25) is 9.78 Å². The van der Waals surface area contributed by atoms with Crippen LogP contribution in [0.2, 0.25) is 0 Å². The first-order valence-corrected chi connectivity index (χ1v) is 12.2. The molecule has 3 aromatic rings. The molecule has 33 heavy (non-hydrogen) atoms. The molecule has 2 aliphatic rings. The number of aromatic carboxylic acids is 1. The van der Waals surface area contributed by atoms with Crippen molar-refractivity contribution in [3.05, 3.63) is 55.6 Å². The lowest BCUT2D eigenvalue weighted by molar-refractivity contribution is 0.0691. The number of nitrogen functional groups attached to an aromatic ring is 1. The second-order valence-electron chi connectivity index (χ2n) is 8.73. The standard InChI is InChI=1S/C24H25IN4O4/c25-17-18(26)16-20-22(19(17)28-11-3-6-14-5-1-2-10-27-14)33-12-9-24(7-4-8-24)29(20)13-15(21(16)30)23(31)32/h1-2,5,10,13,28H,3-4,6-9,11-12,26H2,(H,31,32). The van der Waals surface area contributed by atoms with Gasteiger partial charge in [0.05, 0.1) is 32.5 Å². The van der Waals surface area contributed by atoms with Gasteiger partial charge in [-0.1, -0.05) is 6.07 Å². The van der Waals surface area contributed by atoms with Crippen molar-refractivity contribution in [1.82, 2.24) is 9.55 Å². The van der Waals surface area contributed by atoms with E-state index in [0.29, 0.717) is 33.7 Å². The van der Waals surface area contributed by atoms with Gasteiger partial charge in [0.2, 0.25) is 5.43 Å². The summed E-state index contributed by atoms with van der Waals surface area (Å²) < 4.78 is 8.89. The Morgan fingerprint density at radius 3 is 2.82 bits per heavy atom. The number of nitrogens with zero attached hydrogens (tertiary/aromatic N) is 2. The van der Waals surface area contributed by atoms with Gasteiger partial charge in [0.15, 0.2) is 5.75 Å². The van der Waals surface area contributed by atoms with E-state index >= 15 is 0 Å². The second-order valence-corrected chi connectivity index (χ2v) is 9.81. The van der Waals surface area contributed by atoms with Crippen LogP contribution in [0.3, 0.4) is 0 Å². The third-order valence-corrected chi connectivity index (χ3v) is 7.97. The van der Waals surface area contributed by atoms with E-state index in [9.17, 15) is 14.7 Å². The molecule has 1 aliphatic carbocycles. The summed E-state index contributed by atoms with van der Waals surface area (Å²) in [5, 5.41) is 13.4. The summed E-state index contributed by atoms with van der Waals surface area (Å²) in [5.41, 5.74) is 8.12. The number of anilines is 2. The lowest BCUT2D eigenvalue weighted by Gasteiger charge is -2.44. The molecule has 3 heterocycles. The number of aromatic nitrogens is 2. The summed E-state index contributed by atoms with van der Waals surface area (Å²) in [5.74, 6) is -0.655. The number of ether oxygens (including phenoxy) is 1. The van der Waals surface area contributed by atoms with E-state index in [4.69, 9.17) is 10.5 Å². The minimum absolute atomic E-state index is 0.238. The number of carbonyl (C=O) groups is 1. The summed E-state index contributed by atoms with van der Waals surface area (Å²) in [4.78, 5) is 29.4. The number of aryl methyl sites for hydroxylation is 1. The van der Waals surface area contributed by atoms with Crippen molar-refractivity contribution >= 4 is 50.8 Å². The van der Waals surface area contributed by atoms with Crippen LogP contribution in [-0.2, 0) is 12.0 Å². The van der Waals surface area contributed by atoms with Crippen LogP contribution < -0.4 is 21.2 Å². The number of hydrogen-bond acceptors (Lipinski definition) is 6. The fourth-order valence-electron chi connectivity index (χ4n) is 4.94. The Bertz CT molecular complexity index is 1300. The number of nitrogens with one attached hydrogen (secondary N) is 1. The molecule has 9 heteroatoms. The van der Waals surface area contributed by atoms with Gasteiger partial charge in [0, 0.05) is 36.6 Å². The zero-order valence-corrected chi connectivity index (χ0v) is 20.2. The Kier molecular flexibility index (Phi) is 5.67. The summed E-state index contributed by atoms with van der Waals surface area (Å²) in [6.45, 7) is 1.17. The van der Waals surface area contributed by atoms with Gasteiger partial charge in [0.1, 0.15) is 5.56 Å². The number of carboxylic acids is 1. The molecule has 0 bridgehead atoms. The Balaban J connectivity index is 1.61. The molecule has 1 saturated carbocycles. The second kappa shape index (κ2) is 8.51. The lowest BCUT2D eigenvalue weighted by atomic mass is 9.74. The molecule has 4 N–H and O–H groups in total. The molecule has 5 rings (SSSR count). The van der Waals surface area contributed by atoms with Crippen molar-refractivity contribution in [2.24, 2.45) is 0 Å². The monoisotopic (exact) mass is 560 g/mol. The predicted molar refractivity (Wildman–Crippen MR) is 135 cm³/mol. The molecule has 1 fully saturated rings. The minimum Gasteiger partial charge on any atom is -0.489 e. The quantitative estimate of drug-likeness (QED) is 0.237. The van der Waals surface area contributed by atoms with Gasteiger partial charge in [-0.25, -0.2) is 4.79 Å². The van der Waals surface area contributed by atoms with E-state index in [2.05, 4.69) is 32.9 Å². The Morgan fingerprint density at radius 2 is 2.15 bits per heavy atom. The average Bonchev–Trinajstić information content (AvgIpc) is 2.95. The van der Waals surface area contributed by atoms with E-state index in [-0.39, 0.29) is 16.5 Å². The first-order valence-electron chi connectivity index (χ1n) is 11.1. The third kappa shape index (κ3) is 3.62. The summed E-state index contributed by atoms with van der Waals surface area (Å²) in [6.07, 6.45) is 8.65. The smallest absolute Gasteiger partial charge is 0.341 e. The maximum absolute atomic E-state index is 13.2. The number of fused-ring (bicyclic) bond motifs is 1. The van der Waals surface area contributed by atoms with Crippen LogP contribution in [-0.4, -0.2) is 33.8 Å². The van der Waals surface area contributed by atoms with Crippen LogP contribution in [0.25, 0.3) is 10.9 Å². The highest BCUT2D eigenvalue weighted by Gasteiger charge is 2.42. The number of pyridine rings is 2. The van der Waals surface area contributed by atoms with E-state index in [1.807, 2.05) is 22.8 Å². The maximum atomic E-state index is 13.2. The average molecular weight is 560 g/mol. The zero-order valence-electron chi connectivity index (χ0n) is 18.1. The Hall–Kier alpha value is -2.82. The van der Waals surface area contributed by atoms with Crippen LogP contribution in [0, 0.1) is 3.57 Å². The Morgan fingerprint density at radius 1 is 1.33 bits per heavy atom. The molecule has 8 nitrogen and oxygen atoms in total. The molecular weight excluding hydrogens is 535 g/mol. The summed E-state index contributed by atoms with van der Waals surface area (Å²) in [7, 11) is 0. The lowest BCUT2D eigenvalue weighted by Crippen LogP contribution is -2.42. The van der Waals surface area contributed by atoms with Crippen LogP contribution in [0.4, 0.5) is 11.4 Å². The van der Waals surface area contributed by atoms with E-state index in [1.165, 1.54) is 6.20 Å². The third-order valence-electron chi connectivity index (χ3n) is 6.85. The highest BCUT2D eigenvalue weighted by Crippen LogP contribution is 2.50. The van der Waals surface area contributed by atoms with Gasteiger partial charge >= 0.3 is 5.97 Å². The predicted octanol–water partition coefficient (Wildman–Crippen LogP) is 3.99. The van der Waals surface area contributed by atoms with Crippen LogP contribution in [0.5, 0.6) is 5.75 Å². The number of nitrogens with two attached hydrogens (primary N) is 1. The van der Waals surface area contributed by atoms with E-state index < -0.39 is 11.4 Å². The molecule has 1 spiro atoms. The Labute approximate surface area is 204 Å². The fourth-order valence-corrected chi connectivity index (χ4v) is 5.65. The number of hydrogen-bond donors (Lipinski definition) is 3. The van der Waals surface area contributed by atoms with Crippen molar-refractivity contribution in [3.63, 3.8) is 0 Å². The molecule has 0 saturated heterocycles. The molecule has 2 aromatic heterocycles. The molecule has 0 unspecified atom stereocenters. The zero-order chi connectivity index (χ0) is 23.2. The summed E-state index contributed by atoms with van der Waals surface area (Å²) in [6, 6.07) is 5.88. The van der Waals surface area contributed by atoms with E-state index in [0.717, 1.165) is 49.9 Å². The number of halogens is 1. The van der Waals surface area contributed by atoms with Crippen LogP contribution >= 0.6 is 22.6 Å². The molecule has 1 aliphatic heterocycles. The number of benzene rings is 1. The van der Waals surface area contributed by atoms with Gasteiger partial charge in [-0.15, -0.1) is 0 Å². The normalized spacial score (nSPS) is 16.2. The highest BCUT2D eigenvalue weighted by molar-refractivity contribution is 14.1. The first-order chi connectivity index (χ1) is 15.9. The van der Waals surface area contributed by atoms with Gasteiger partial charge in [0.25, 0.3) is 0 Å². The van der Waals surface area contributed by atoms with Crippen molar-refractivity contribution in [3.8, 4) is 5.75 Å². The molecule has 1 aromatic carbocycles. The van der Waals surface area contributed by atoms with Gasteiger partial charge in [-0.05, 0) is 66.8 Å². The highest BCUT2D eigenvalue weighted by atomic mass is 127. The molecule has 0 radical (unpaired) electrons. The maximum Gasteiger partial charge on any atom is 0.341 e. The molecule has 0 atom stereocenters. The van der Waals surface area contributed by atoms with E-state index in [1.54, 1.807) is 6.20 Å². The van der Waals surface area contributed by atoms with Crippen LogP contribution in [0.1, 0.15) is 48.2 Å². The molecular formula is C24H25IN4O4. The largest absolute Gasteiger partial charge is 0.489 e. The van der Waals surface area contributed by atoms with Gasteiger partial charge in [-0.2, -0.15) is 0 Å². The fraction of sp³-hybridized carbons (Fsp3) is 0.375. The molecule has 0 amide bonds. The van der Waals surface area contributed by atoms with Crippen molar-refractivity contribution in [2.75, 3.05) is 24.2 Å². The summed E-state index contributed by atoms with van der Waals surface area (Å²) >= 11 is 2.12. The number of rotatable bonds is 6. The van der Waals surface area contributed by atoms with Crippen molar-refractivity contribution in [1.29, 1.82) is 0 Å².